The van der Waals surface area contributed by atoms with E-state index in [-0.39, 0.29) is 5.91 Å². The number of aryl methyl sites for hydroxylation is 1. The Morgan fingerprint density at radius 3 is 2.64 bits per heavy atom. The van der Waals surface area contributed by atoms with E-state index in [2.05, 4.69) is 10.1 Å². The Labute approximate surface area is 129 Å². The number of rotatable bonds is 4. The molecule has 0 saturated heterocycles. The van der Waals surface area contributed by atoms with Crippen LogP contribution in [0.15, 0.2) is 17.6 Å². The molecule has 2 heterocycles. The van der Waals surface area contributed by atoms with E-state index in [0.717, 1.165) is 22.6 Å². The van der Waals surface area contributed by atoms with Crippen molar-refractivity contribution < 1.29 is 18.0 Å². The first-order chi connectivity index (χ1) is 10.2. The summed E-state index contributed by atoms with van der Waals surface area (Å²) in [6, 6.07) is 0.00778. The van der Waals surface area contributed by atoms with E-state index >= 15 is 0 Å². The quantitative estimate of drug-likeness (QED) is 0.863. The molecule has 0 aliphatic heterocycles. The predicted molar refractivity (Wildman–Crippen MR) is 76.8 cm³/mol. The third kappa shape index (κ3) is 3.29. The molecule has 1 unspecified atom stereocenters. The average molecular weight is 332 g/mol. The van der Waals surface area contributed by atoms with Gasteiger partial charge in [0.25, 0.3) is 5.91 Å². The highest BCUT2D eigenvalue weighted by Crippen LogP contribution is 2.28. The van der Waals surface area contributed by atoms with Gasteiger partial charge in [0, 0.05) is 18.1 Å². The van der Waals surface area contributed by atoms with Crippen molar-refractivity contribution in [1.29, 1.82) is 0 Å². The van der Waals surface area contributed by atoms with Crippen molar-refractivity contribution in [1.82, 2.24) is 14.8 Å². The molecule has 22 heavy (non-hydrogen) atoms. The van der Waals surface area contributed by atoms with Crippen LogP contribution in [-0.2, 0) is 11.0 Å². The maximum atomic E-state index is 12.6. The lowest BCUT2D eigenvalue weighted by molar-refractivity contribution is -0.141. The molecule has 2 aromatic heterocycles. The summed E-state index contributed by atoms with van der Waals surface area (Å²) in [6.07, 6.45) is -3.36. The number of likely N-dealkylation sites (N-methyl/N-ethyl adjacent to an activating group) is 1. The zero-order valence-corrected chi connectivity index (χ0v) is 13.1. The molecule has 0 aliphatic rings. The number of nitrogens with zero attached hydrogens (tertiary/aromatic N) is 4. The minimum absolute atomic E-state index is 0.353. The summed E-state index contributed by atoms with van der Waals surface area (Å²) in [4.78, 5) is 18.2. The van der Waals surface area contributed by atoms with Crippen LogP contribution in [0, 0.1) is 6.92 Å². The van der Waals surface area contributed by atoms with Crippen molar-refractivity contribution in [2.24, 2.45) is 0 Å². The number of halogens is 3. The van der Waals surface area contributed by atoms with Crippen molar-refractivity contribution >= 4 is 22.4 Å². The fraction of sp³-hybridized carbons (Fsp3) is 0.462. The molecule has 0 spiro atoms. The van der Waals surface area contributed by atoms with Crippen molar-refractivity contribution in [2.75, 3.05) is 11.4 Å². The second-order valence-corrected chi connectivity index (χ2v) is 5.55. The van der Waals surface area contributed by atoms with E-state index in [4.69, 9.17) is 0 Å². The van der Waals surface area contributed by atoms with Crippen molar-refractivity contribution in [3.63, 3.8) is 0 Å². The van der Waals surface area contributed by atoms with Gasteiger partial charge in [-0.3, -0.25) is 14.4 Å². The van der Waals surface area contributed by atoms with Gasteiger partial charge in [-0.2, -0.15) is 18.3 Å². The normalized spacial score (nSPS) is 13.2. The van der Waals surface area contributed by atoms with Crippen molar-refractivity contribution in [3.8, 4) is 0 Å². The first-order valence-corrected chi connectivity index (χ1v) is 7.48. The number of hydrogen-bond acceptors (Lipinski definition) is 4. The highest BCUT2D eigenvalue weighted by Gasteiger charge is 2.34. The van der Waals surface area contributed by atoms with Gasteiger partial charge < -0.3 is 0 Å². The minimum atomic E-state index is -4.52. The Bertz CT molecular complexity index is 664. The van der Waals surface area contributed by atoms with Gasteiger partial charge in [0.1, 0.15) is 6.04 Å². The summed E-state index contributed by atoms with van der Waals surface area (Å²) < 4.78 is 38.8. The van der Waals surface area contributed by atoms with E-state index in [9.17, 15) is 18.0 Å². The van der Waals surface area contributed by atoms with E-state index in [1.807, 2.05) is 12.3 Å². The van der Waals surface area contributed by atoms with Gasteiger partial charge in [-0.25, -0.2) is 4.98 Å². The maximum Gasteiger partial charge on any atom is 0.435 e. The molecule has 0 fully saturated rings. The van der Waals surface area contributed by atoms with Gasteiger partial charge in [0.2, 0.25) is 0 Å². The largest absolute Gasteiger partial charge is 0.435 e. The van der Waals surface area contributed by atoms with Gasteiger partial charge in [0.15, 0.2) is 10.8 Å². The SMILES string of the molecule is CCN(C(=O)C(C)n1ccc(C(F)(F)F)n1)c1nc(C)cs1. The van der Waals surface area contributed by atoms with Crippen LogP contribution in [0.25, 0.3) is 0 Å². The van der Waals surface area contributed by atoms with Crippen LogP contribution >= 0.6 is 11.3 Å². The molecule has 0 aliphatic carbocycles. The smallest absolute Gasteiger partial charge is 0.287 e. The van der Waals surface area contributed by atoms with Crippen LogP contribution in [0.5, 0.6) is 0 Å². The average Bonchev–Trinajstić information content (AvgIpc) is 3.07. The molecule has 0 aromatic carbocycles. The van der Waals surface area contributed by atoms with E-state index < -0.39 is 17.9 Å². The Morgan fingerprint density at radius 1 is 1.50 bits per heavy atom. The van der Waals surface area contributed by atoms with E-state index in [1.54, 1.807) is 6.92 Å². The number of hydrogen-bond donors (Lipinski definition) is 0. The van der Waals surface area contributed by atoms with E-state index in [0.29, 0.717) is 11.7 Å². The number of alkyl halides is 3. The van der Waals surface area contributed by atoms with Crippen LogP contribution in [0.2, 0.25) is 0 Å². The fourth-order valence-corrected chi connectivity index (χ4v) is 2.77. The molecular formula is C13H15F3N4OS. The lowest BCUT2D eigenvalue weighted by Crippen LogP contribution is -2.36. The third-order valence-electron chi connectivity index (χ3n) is 3.07. The van der Waals surface area contributed by atoms with Gasteiger partial charge in [0.05, 0.1) is 5.69 Å². The monoisotopic (exact) mass is 332 g/mol. The standard InChI is InChI=1S/C13H15F3N4OS/c1-4-19(12-17-8(2)7-22-12)11(21)9(3)20-6-5-10(18-20)13(14,15)16/h5-7,9H,4H2,1-3H3. The molecule has 9 heteroatoms. The number of carbonyl (C=O) groups excluding carboxylic acids is 1. The van der Waals surface area contributed by atoms with Crippen LogP contribution in [0.4, 0.5) is 18.3 Å². The maximum absolute atomic E-state index is 12.6. The highest BCUT2D eigenvalue weighted by molar-refractivity contribution is 7.14. The highest BCUT2D eigenvalue weighted by atomic mass is 32.1. The third-order valence-corrected chi connectivity index (χ3v) is 4.05. The Hall–Kier alpha value is -1.90. The van der Waals surface area contributed by atoms with Gasteiger partial charge in [-0.15, -0.1) is 11.3 Å². The number of amides is 1. The number of thiazole rings is 1. The topological polar surface area (TPSA) is 51.0 Å². The van der Waals surface area contributed by atoms with Gasteiger partial charge >= 0.3 is 6.18 Å². The number of aromatic nitrogens is 3. The summed E-state index contributed by atoms with van der Waals surface area (Å²) >= 11 is 1.32. The Morgan fingerprint density at radius 2 is 2.18 bits per heavy atom. The molecule has 5 nitrogen and oxygen atoms in total. The van der Waals surface area contributed by atoms with Crippen molar-refractivity contribution in [3.05, 3.63) is 29.0 Å². The number of carbonyl (C=O) groups is 1. The zero-order valence-electron chi connectivity index (χ0n) is 12.3. The first-order valence-electron chi connectivity index (χ1n) is 6.60. The summed E-state index contributed by atoms with van der Waals surface area (Å²) in [5.74, 6) is -0.353. The van der Waals surface area contributed by atoms with Gasteiger partial charge in [-0.1, -0.05) is 0 Å². The summed E-state index contributed by atoms with van der Waals surface area (Å²) in [5.41, 5.74) is -0.224. The molecule has 0 bridgehead atoms. The molecule has 0 saturated carbocycles. The molecule has 2 aromatic rings. The minimum Gasteiger partial charge on any atom is -0.287 e. The second kappa shape index (κ2) is 6.07. The second-order valence-electron chi connectivity index (χ2n) is 4.71. The lowest BCUT2D eigenvalue weighted by Gasteiger charge is -2.22. The van der Waals surface area contributed by atoms with E-state index in [1.165, 1.54) is 23.2 Å². The molecule has 0 radical (unpaired) electrons. The zero-order chi connectivity index (χ0) is 16.5. The Balaban J connectivity index is 2.22. The molecule has 2 rings (SSSR count). The van der Waals surface area contributed by atoms with Crippen LogP contribution in [0.1, 0.15) is 31.3 Å². The lowest BCUT2D eigenvalue weighted by atomic mass is 10.3. The van der Waals surface area contributed by atoms with Gasteiger partial charge in [-0.05, 0) is 26.8 Å². The molecule has 120 valence electrons. The van der Waals surface area contributed by atoms with Crippen LogP contribution < -0.4 is 4.90 Å². The van der Waals surface area contributed by atoms with Crippen molar-refractivity contribution in [2.45, 2.75) is 33.0 Å². The Kier molecular flexibility index (Phi) is 4.55. The molecular weight excluding hydrogens is 317 g/mol. The molecule has 1 amide bonds. The van der Waals surface area contributed by atoms with Crippen LogP contribution in [-0.4, -0.2) is 27.2 Å². The summed E-state index contributed by atoms with van der Waals surface area (Å²) in [7, 11) is 0. The summed E-state index contributed by atoms with van der Waals surface area (Å²) in [6.45, 7) is 5.48. The molecule has 1 atom stereocenters. The first kappa shape index (κ1) is 16.5. The number of anilines is 1. The fourth-order valence-electron chi connectivity index (χ4n) is 1.89. The van der Waals surface area contributed by atoms with Crippen LogP contribution in [0.3, 0.4) is 0 Å². The predicted octanol–water partition coefficient (Wildman–Crippen LogP) is 3.28. The summed E-state index contributed by atoms with van der Waals surface area (Å²) in [5, 5.41) is 5.78. The molecule has 0 N–H and O–H groups in total.